The molecular weight excluding hydrogens is 969 g/mol. The summed E-state index contributed by atoms with van der Waals surface area (Å²) in [4.78, 5) is 9.03. The Morgan fingerprint density at radius 2 is 0.544 bits per heavy atom. The molecule has 0 aliphatic rings. The van der Waals surface area contributed by atoms with Crippen molar-refractivity contribution < 1.29 is 4.42 Å². The van der Waals surface area contributed by atoms with E-state index in [4.69, 9.17) is 4.42 Å². The molecule has 9 heteroatoms. The highest BCUT2D eigenvalue weighted by Crippen LogP contribution is 2.49. The predicted octanol–water partition coefficient (Wildman–Crippen LogP) is 18.8. The van der Waals surface area contributed by atoms with Gasteiger partial charge in [-0.3, -0.25) is 0 Å². The Morgan fingerprint density at radius 1 is 0.278 bits per heavy atom. The van der Waals surface area contributed by atoms with Crippen LogP contribution in [0.2, 0.25) is 0 Å². The number of rotatable bonds is 12. The number of nitrogens with zero attached hydrogens (tertiary/aromatic N) is 8. The van der Waals surface area contributed by atoms with Crippen LogP contribution >= 0.6 is 0 Å². The molecule has 378 valence electrons. The minimum absolute atomic E-state index is 0.557. The molecular formula is C70H52N8O. The van der Waals surface area contributed by atoms with Crippen LogP contribution in [0.15, 0.2) is 211 Å². The Bertz CT molecular complexity index is 4040. The smallest absolute Gasteiger partial charge is 0.135 e. The van der Waals surface area contributed by atoms with Crippen LogP contribution in [0.4, 0.5) is 68.2 Å². The lowest BCUT2D eigenvalue weighted by molar-refractivity contribution is 0.668. The Hall–Kier alpha value is -10.8. The Labute approximate surface area is 460 Å². The molecule has 0 atom stereocenters. The lowest BCUT2D eigenvalue weighted by Gasteiger charge is -2.33. The van der Waals surface area contributed by atoms with E-state index in [0.717, 1.165) is 124 Å². The van der Waals surface area contributed by atoms with Crippen LogP contribution in [0.5, 0.6) is 0 Å². The maximum absolute atomic E-state index is 9.95. The average molecular weight is 1020 g/mol. The maximum atomic E-state index is 9.95. The van der Waals surface area contributed by atoms with E-state index in [1.54, 1.807) is 0 Å². The van der Waals surface area contributed by atoms with Gasteiger partial charge in [0.2, 0.25) is 0 Å². The second kappa shape index (κ2) is 21.1. The molecule has 1 heterocycles. The molecule has 9 nitrogen and oxygen atoms in total. The highest BCUT2D eigenvalue weighted by Gasteiger charge is 2.27. The van der Waals surface area contributed by atoms with Crippen molar-refractivity contribution in [3.63, 3.8) is 0 Å². The summed E-state index contributed by atoms with van der Waals surface area (Å²) in [5, 5.41) is 41.2. The standard InChI is InChI=1S/C70H52N8O/c1-45-13-7-9-15-61(45)75(55-29-21-51(41-71)22-30-55)63-17-11-19-65(49(63)5)77(57-33-25-53(43-73)26-34-57)67-39-59-60-40-68(48(4)38-70(60)79-69(59)37-47(67)3)78(58-35-27-54(44-74)28-36-58)66-20-12-18-64(50(66)6)76(62-16-10-8-14-46(62)2)56-31-23-52(42-72)24-32-56/h7-40H,1-6H3. The van der Waals surface area contributed by atoms with Crippen molar-refractivity contribution in [1.29, 1.82) is 21.0 Å². The summed E-state index contributed by atoms with van der Waals surface area (Å²) in [6.07, 6.45) is 0. The topological polar surface area (TPSA) is 121 Å². The molecule has 0 N–H and O–H groups in total. The maximum Gasteiger partial charge on any atom is 0.135 e. The van der Waals surface area contributed by atoms with Crippen molar-refractivity contribution in [3.8, 4) is 24.3 Å². The van der Waals surface area contributed by atoms with Gasteiger partial charge in [0, 0.05) is 56.3 Å². The zero-order valence-electron chi connectivity index (χ0n) is 44.6. The lowest BCUT2D eigenvalue weighted by atomic mass is 10.0. The van der Waals surface area contributed by atoms with Gasteiger partial charge in [-0.05, 0) is 233 Å². The third-order valence-electron chi connectivity index (χ3n) is 14.8. The molecule has 0 spiro atoms. The number of aryl methyl sites for hydroxylation is 4. The van der Waals surface area contributed by atoms with Gasteiger partial charge in [-0.1, -0.05) is 48.5 Å². The van der Waals surface area contributed by atoms with Crippen molar-refractivity contribution in [2.45, 2.75) is 41.5 Å². The molecule has 10 aromatic carbocycles. The van der Waals surface area contributed by atoms with Crippen molar-refractivity contribution in [3.05, 3.63) is 262 Å². The molecule has 0 aliphatic carbocycles. The molecule has 1 aromatic heterocycles. The van der Waals surface area contributed by atoms with Crippen LogP contribution in [-0.2, 0) is 0 Å². The quantitative estimate of drug-likeness (QED) is 0.118. The van der Waals surface area contributed by atoms with Crippen LogP contribution < -0.4 is 19.6 Å². The second-order valence-corrected chi connectivity index (χ2v) is 19.8. The van der Waals surface area contributed by atoms with Gasteiger partial charge in [0.25, 0.3) is 0 Å². The average Bonchev–Trinajstić information content (AvgIpc) is 4.03. The highest BCUT2D eigenvalue weighted by atomic mass is 16.3. The second-order valence-electron chi connectivity index (χ2n) is 19.8. The van der Waals surface area contributed by atoms with Gasteiger partial charge in [-0.15, -0.1) is 0 Å². The normalized spacial score (nSPS) is 10.9. The monoisotopic (exact) mass is 1020 g/mol. The Morgan fingerprint density at radius 3 is 0.823 bits per heavy atom. The largest absolute Gasteiger partial charge is 0.456 e. The first-order valence-corrected chi connectivity index (χ1v) is 26.0. The van der Waals surface area contributed by atoms with E-state index in [1.165, 1.54) is 0 Å². The predicted molar refractivity (Wildman–Crippen MR) is 320 cm³/mol. The van der Waals surface area contributed by atoms with Crippen LogP contribution in [0, 0.1) is 86.9 Å². The number of nitriles is 4. The van der Waals surface area contributed by atoms with Crippen LogP contribution in [0.1, 0.15) is 55.6 Å². The molecule has 0 radical (unpaired) electrons. The molecule has 0 fully saturated rings. The number of anilines is 12. The van der Waals surface area contributed by atoms with Gasteiger partial charge in [0.1, 0.15) is 11.2 Å². The van der Waals surface area contributed by atoms with E-state index in [1.807, 2.05) is 121 Å². The summed E-state index contributed by atoms with van der Waals surface area (Å²) in [6, 6.07) is 77.9. The fraction of sp³-hybridized carbons (Fsp3) is 0.0857. The number of para-hydroxylation sites is 2. The summed E-state index contributed by atoms with van der Waals surface area (Å²) in [5.41, 5.74) is 21.2. The molecule has 0 saturated heterocycles. The summed E-state index contributed by atoms with van der Waals surface area (Å²) in [7, 11) is 0. The van der Waals surface area contributed by atoms with Gasteiger partial charge in [0.05, 0.1) is 69.3 Å². The van der Waals surface area contributed by atoms with Crippen LogP contribution in [-0.4, -0.2) is 0 Å². The third kappa shape index (κ3) is 9.29. The van der Waals surface area contributed by atoms with Gasteiger partial charge >= 0.3 is 0 Å². The number of benzene rings is 10. The van der Waals surface area contributed by atoms with Crippen LogP contribution in [0.3, 0.4) is 0 Å². The third-order valence-corrected chi connectivity index (χ3v) is 14.8. The molecule has 0 saturated carbocycles. The number of fused-ring (bicyclic) bond motifs is 3. The van der Waals surface area contributed by atoms with Crippen molar-refractivity contribution in [1.82, 2.24) is 0 Å². The molecule has 79 heavy (non-hydrogen) atoms. The van der Waals surface area contributed by atoms with Gasteiger partial charge in [-0.2, -0.15) is 21.0 Å². The molecule has 11 rings (SSSR count). The van der Waals surface area contributed by atoms with Crippen molar-refractivity contribution >= 4 is 90.2 Å². The van der Waals surface area contributed by atoms with E-state index < -0.39 is 0 Å². The van der Waals surface area contributed by atoms with Crippen LogP contribution in [0.25, 0.3) is 21.9 Å². The number of furan rings is 1. The molecule has 0 amide bonds. The lowest BCUT2D eigenvalue weighted by Crippen LogP contribution is -2.17. The first kappa shape index (κ1) is 50.3. The number of hydrogen-bond donors (Lipinski definition) is 0. The SMILES string of the molecule is Cc1ccccc1N(c1ccc(C#N)cc1)c1cccc(N(c2ccc(C#N)cc2)c2cc3c(cc2C)oc2cc(C)c(N(c4ccc(C#N)cc4)c4cccc(N(c5ccc(C#N)cc5)c5ccccc5C)c4C)cc23)c1C. The van der Waals surface area contributed by atoms with Crippen molar-refractivity contribution in [2.75, 3.05) is 19.6 Å². The first-order valence-electron chi connectivity index (χ1n) is 26.0. The zero-order valence-corrected chi connectivity index (χ0v) is 44.6. The Kier molecular flexibility index (Phi) is 13.4. The summed E-state index contributed by atoms with van der Waals surface area (Å²) < 4.78 is 6.80. The van der Waals surface area contributed by atoms with Gasteiger partial charge in [-0.25, -0.2) is 0 Å². The minimum atomic E-state index is 0.557. The van der Waals surface area contributed by atoms with E-state index in [2.05, 4.69) is 170 Å². The number of hydrogen-bond acceptors (Lipinski definition) is 9. The molecule has 11 aromatic rings. The zero-order chi connectivity index (χ0) is 54.9. The summed E-state index contributed by atoms with van der Waals surface area (Å²) in [5.74, 6) is 0. The summed E-state index contributed by atoms with van der Waals surface area (Å²) in [6.45, 7) is 12.7. The fourth-order valence-electron chi connectivity index (χ4n) is 10.7. The molecule has 0 aliphatic heterocycles. The molecule has 0 unspecified atom stereocenters. The van der Waals surface area contributed by atoms with E-state index >= 15 is 0 Å². The highest BCUT2D eigenvalue weighted by molar-refractivity contribution is 6.09. The first-order chi connectivity index (χ1) is 38.5. The fourth-order valence-corrected chi connectivity index (χ4v) is 10.7. The Balaban J connectivity index is 1.11. The minimum Gasteiger partial charge on any atom is -0.456 e. The molecule has 0 bridgehead atoms. The summed E-state index contributed by atoms with van der Waals surface area (Å²) >= 11 is 0. The van der Waals surface area contributed by atoms with E-state index in [0.29, 0.717) is 22.3 Å². The van der Waals surface area contributed by atoms with Gasteiger partial charge < -0.3 is 24.0 Å². The van der Waals surface area contributed by atoms with E-state index in [-0.39, 0.29) is 0 Å². The van der Waals surface area contributed by atoms with Crippen molar-refractivity contribution in [2.24, 2.45) is 0 Å². The van der Waals surface area contributed by atoms with Gasteiger partial charge in [0.15, 0.2) is 0 Å². The van der Waals surface area contributed by atoms with E-state index in [9.17, 15) is 21.0 Å².